The van der Waals surface area contributed by atoms with E-state index in [0.29, 0.717) is 0 Å². The molecule has 0 aromatic rings. The van der Waals surface area contributed by atoms with Crippen LogP contribution >= 0.6 is 0 Å². The maximum absolute atomic E-state index is 12.8. The molecule has 1 fully saturated rings. The zero-order valence-electron chi connectivity index (χ0n) is 6.47. The van der Waals surface area contributed by atoms with E-state index in [0.717, 1.165) is 0 Å². The van der Waals surface area contributed by atoms with Crippen molar-refractivity contribution in [3.05, 3.63) is 0 Å². The Morgan fingerprint density at radius 1 is 1.23 bits per heavy atom. The minimum absolute atomic E-state index is 1.28. The standard InChI is InChI=1S/C6H10F2O5/c7-1-2-3(9)4(10)5(11)6(8,12)13-2/h2-5,9-12H,1H2/t2-,3-,4+,5-,6-/m1/s1. The van der Waals surface area contributed by atoms with Gasteiger partial charge in [0.1, 0.15) is 25.0 Å². The van der Waals surface area contributed by atoms with Crippen molar-refractivity contribution < 1.29 is 33.9 Å². The summed E-state index contributed by atoms with van der Waals surface area (Å²) in [5.41, 5.74) is 0. The monoisotopic (exact) mass is 200 g/mol. The smallest absolute Gasteiger partial charge is 0.347 e. The second kappa shape index (κ2) is 3.43. The maximum atomic E-state index is 12.8. The van der Waals surface area contributed by atoms with E-state index in [2.05, 4.69) is 4.74 Å². The summed E-state index contributed by atoms with van der Waals surface area (Å²) in [6, 6.07) is -3.53. The molecule has 1 aliphatic heterocycles. The number of halogens is 2. The lowest BCUT2D eigenvalue weighted by atomic mass is 9.99. The van der Waals surface area contributed by atoms with Gasteiger partial charge in [0.05, 0.1) is 0 Å². The molecule has 0 saturated carbocycles. The number of hydrogen-bond donors (Lipinski definition) is 4. The van der Waals surface area contributed by atoms with Crippen molar-refractivity contribution in [2.75, 3.05) is 6.67 Å². The van der Waals surface area contributed by atoms with Crippen molar-refractivity contribution in [2.24, 2.45) is 0 Å². The predicted molar refractivity (Wildman–Crippen MR) is 34.9 cm³/mol. The molecule has 1 saturated heterocycles. The highest BCUT2D eigenvalue weighted by Gasteiger charge is 2.53. The number of aliphatic hydroxyl groups is 4. The van der Waals surface area contributed by atoms with Crippen LogP contribution < -0.4 is 0 Å². The van der Waals surface area contributed by atoms with E-state index in [4.69, 9.17) is 20.4 Å². The van der Waals surface area contributed by atoms with Gasteiger partial charge < -0.3 is 25.2 Å². The molecule has 4 N–H and O–H groups in total. The number of aliphatic hydroxyl groups excluding tert-OH is 3. The molecule has 13 heavy (non-hydrogen) atoms. The molecule has 0 radical (unpaired) electrons. The molecule has 0 amide bonds. The van der Waals surface area contributed by atoms with E-state index >= 15 is 0 Å². The van der Waals surface area contributed by atoms with Crippen LogP contribution in [-0.4, -0.2) is 57.6 Å². The van der Waals surface area contributed by atoms with Gasteiger partial charge in [-0.1, -0.05) is 0 Å². The average Bonchev–Trinajstić information content (AvgIpc) is 2.08. The molecule has 0 bridgehead atoms. The van der Waals surface area contributed by atoms with E-state index in [1.54, 1.807) is 0 Å². The quantitative estimate of drug-likeness (QED) is 0.395. The SMILES string of the molecule is O[C@H]1[C@H](O)[C@@H](CF)O[C@@](O)(F)[C@@H]1O. The molecule has 0 unspecified atom stereocenters. The third kappa shape index (κ3) is 1.79. The van der Waals surface area contributed by atoms with Crippen molar-refractivity contribution in [2.45, 2.75) is 30.5 Å². The first-order valence-corrected chi connectivity index (χ1v) is 3.59. The fourth-order valence-electron chi connectivity index (χ4n) is 1.09. The Kier molecular flexibility index (Phi) is 2.83. The number of alkyl halides is 2. The Morgan fingerprint density at radius 2 is 1.77 bits per heavy atom. The molecular weight excluding hydrogens is 190 g/mol. The molecule has 0 spiro atoms. The molecule has 0 aromatic heterocycles. The minimum Gasteiger partial charge on any atom is -0.387 e. The highest BCUT2D eigenvalue weighted by atomic mass is 19.2. The van der Waals surface area contributed by atoms with Gasteiger partial charge in [0.25, 0.3) is 0 Å². The van der Waals surface area contributed by atoms with E-state index < -0.39 is 37.1 Å². The summed E-state index contributed by atoms with van der Waals surface area (Å²) in [5, 5.41) is 35.4. The molecule has 5 atom stereocenters. The summed E-state index contributed by atoms with van der Waals surface area (Å²) in [5.74, 6) is 0. The molecule has 7 heteroatoms. The fourth-order valence-corrected chi connectivity index (χ4v) is 1.09. The Hall–Kier alpha value is -0.340. The lowest BCUT2D eigenvalue weighted by molar-refractivity contribution is -0.402. The van der Waals surface area contributed by atoms with Crippen LogP contribution in [0.3, 0.4) is 0 Å². The van der Waals surface area contributed by atoms with Gasteiger partial charge in [-0.25, -0.2) is 4.39 Å². The molecule has 1 aliphatic rings. The number of hydrogen-bond acceptors (Lipinski definition) is 5. The van der Waals surface area contributed by atoms with E-state index in [9.17, 15) is 8.78 Å². The zero-order chi connectivity index (χ0) is 10.2. The van der Waals surface area contributed by atoms with Gasteiger partial charge in [-0.15, -0.1) is 0 Å². The van der Waals surface area contributed by atoms with Crippen LogP contribution in [0.15, 0.2) is 0 Å². The van der Waals surface area contributed by atoms with Crippen LogP contribution in [0, 0.1) is 0 Å². The number of ether oxygens (including phenoxy) is 1. The summed E-state index contributed by atoms with van der Waals surface area (Å²) in [6.07, 6.45) is -7.75. The van der Waals surface area contributed by atoms with Gasteiger partial charge in [-0.3, -0.25) is 0 Å². The van der Waals surface area contributed by atoms with Crippen molar-refractivity contribution in [1.29, 1.82) is 0 Å². The molecule has 0 aromatic carbocycles. The molecule has 1 heterocycles. The van der Waals surface area contributed by atoms with Crippen molar-refractivity contribution in [3.8, 4) is 0 Å². The first kappa shape index (κ1) is 10.7. The first-order valence-electron chi connectivity index (χ1n) is 3.59. The number of rotatable bonds is 1. The Morgan fingerprint density at radius 3 is 2.23 bits per heavy atom. The Balaban J connectivity index is 2.79. The lowest BCUT2D eigenvalue weighted by Crippen LogP contribution is -2.63. The molecule has 78 valence electrons. The van der Waals surface area contributed by atoms with Crippen LogP contribution in [0.5, 0.6) is 0 Å². The van der Waals surface area contributed by atoms with Crippen LogP contribution in [0.4, 0.5) is 8.78 Å². The fraction of sp³-hybridized carbons (Fsp3) is 1.00. The van der Waals surface area contributed by atoms with Gasteiger partial charge >= 0.3 is 6.04 Å². The average molecular weight is 200 g/mol. The first-order chi connectivity index (χ1) is 5.90. The molecular formula is C6H10F2O5. The van der Waals surface area contributed by atoms with Gasteiger partial charge in [0, 0.05) is 0 Å². The summed E-state index contributed by atoms with van der Waals surface area (Å²) in [7, 11) is 0. The highest BCUT2D eigenvalue weighted by molar-refractivity contribution is 4.91. The molecule has 0 aliphatic carbocycles. The summed E-state index contributed by atoms with van der Waals surface area (Å²) in [6.45, 7) is -1.28. The van der Waals surface area contributed by atoms with Gasteiger partial charge in [0.15, 0.2) is 6.10 Å². The van der Waals surface area contributed by atoms with E-state index in [1.807, 2.05) is 0 Å². The third-order valence-electron chi connectivity index (χ3n) is 1.89. The van der Waals surface area contributed by atoms with E-state index in [1.165, 1.54) is 0 Å². The van der Waals surface area contributed by atoms with Crippen LogP contribution in [0.25, 0.3) is 0 Å². The van der Waals surface area contributed by atoms with Gasteiger partial charge in [-0.2, -0.15) is 4.39 Å². The highest BCUT2D eigenvalue weighted by Crippen LogP contribution is 2.29. The minimum atomic E-state index is -3.53. The van der Waals surface area contributed by atoms with Gasteiger partial charge in [0.2, 0.25) is 0 Å². The second-order valence-electron chi connectivity index (χ2n) is 2.85. The van der Waals surface area contributed by atoms with Crippen LogP contribution in [-0.2, 0) is 4.74 Å². The van der Waals surface area contributed by atoms with Crippen molar-refractivity contribution in [1.82, 2.24) is 0 Å². The van der Waals surface area contributed by atoms with E-state index in [-0.39, 0.29) is 0 Å². The van der Waals surface area contributed by atoms with Gasteiger partial charge in [-0.05, 0) is 0 Å². The second-order valence-corrected chi connectivity index (χ2v) is 2.85. The third-order valence-corrected chi connectivity index (χ3v) is 1.89. The predicted octanol–water partition coefficient (Wildman–Crippen LogP) is -1.95. The Labute approximate surface area is 72.2 Å². The van der Waals surface area contributed by atoms with Crippen LogP contribution in [0.1, 0.15) is 0 Å². The zero-order valence-corrected chi connectivity index (χ0v) is 6.47. The molecule has 5 nitrogen and oxygen atoms in total. The van der Waals surface area contributed by atoms with Crippen LogP contribution in [0.2, 0.25) is 0 Å². The topological polar surface area (TPSA) is 90.2 Å². The summed E-state index contributed by atoms with van der Waals surface area (Å²) in [4.78, 5) is 0. The summed E-state index contributed by atoms with van der Waals surface area (Å²) >= 11 is 0. The summed E-state index contributed by atoms with van der Waals surface area (Å²) < 4.78 is 28.8. The Bertz CT molecular complexity index is 186. The normalized spacial score (nSPS) is 52.2. The lowest BCUT2D eigenvalue weighted by Gasteiger charge is -2.40. The maximum Gasteiger partial charge on any atom is 0.347 e. The van der Waals surface area contributed by atoms with Crippen molar-refractivity contribution >= 4 is 0 Å². The largest absolute Gasteiger partial charge is 0.387 e. The van der Waals surface area contributed by atoms with Crippen molar-refractivity contribution in [3.63, 3.8) is 0 Å². The molecule has 1 rings (SSSR count).